The van der Waals surface area contributed by atoms with E-state index in [9.17, 15) is 4.79 Å². The first-order chi connectivity index (χ1) is 9.51. The van der Waals surface area contributed by atoms with Crippen LogP contribution < -0.4 is 10.6 Å². The van der Waals surface area contributed by atoms with Crippen LogP contribution in [0.4, 0.5) is 0 Å². The molecule has 0 aromatic carbocycles. The average Bonchev–Trinajstić information content (AvgIpc) is 3.01. The van der Waals surface area contributed by atoms with E-state index in [4.69, 9.17) is 0 Å². The highest BCUT2D eigenvalue weighted by Crippen LogP contribution is 2.22. The molecule has 1 saturated heterocycles. The molecule has 4 nitrogen and oxygen atoms in total. The number of aryl methyl sites for hydroxylation is 1. The second-order valence-electron chi connectivity index (χ2n) is 5.75. The third-order valence-electron chi connectivity index (χ3n) is 3.91. The van der Waals surface area contributed by atoms with E-state index in [1.54, 1.807) is 7.05 Å². The molecular formula is C15H25N3OS. The quantitative estimate of drug-likeness (QED) is 0.870. The van der Waals surface area contributed by atoms with Crippen LogP contribution in [0.5, 0.6) is 0 Å². The number of carbonyl (C=O) groups excluding carboxylic acids is 1. The fourth-order valence-corrected chi connectivity index (χ4v) is 3.67. The van der Waals surface area contributed by atoms with Gasteiger partial charge in [-0.3, -0.25) is 9.69 Å². The topological polar surface area (TPSA) is 44.4 Å². The molecule has 1 amide bonds. The molecule has 2 N–H and O–H groups in total. The Bertz CT molecular complexity index is 458. The summed E-state index contributed by atoms with van der Waals surface area (Å²) in [6.45, 7) is 8.28. The molecule has 1 aliphatic heterocycles. The molecule has 0 bridgehead atoms. The lowest BCUT2D eigenvalue weighted by molar-refractivity contribution is -0.125. The monoisotopic (exact) mass is 295 g/mol. The Morgan fingerprint density at radius 1 is 1.50 bits per heavy atom. The van der Waals surface area contributed by atoms with E-state index in [0.717, 1.165) is 19.5 Å². The standard InChI is InChI=1S/C15H25N3OS/c1-10(2)18-9-12(7-14(18)15(19)16-4)17-8-13-6-5-11(3)20-13/h5-6,10,12,14,17H,7-9H2,1-4H3,(H,16,19)/t12-,14+/m1/s1. The van der Waals surface area contributed by atoms with Crippen LogP contribution in [-0.4, -0.2) is 42.5 Å². The number of nitrogens with zero attached hydrogens (tertiary/aromatic N) is 1. The molecule has 1 aromatic rings. The van der Waals surface area contributed by atoms with Crippen molar-refractivity contribution in [1.29, 1.82) is 0 Å². The summed E-state index contributed by atoms with van der Waals surface area (Å²) in [7, 11) is 1.72. The normalized spacial score (nSPS) is 23.4. The van der Waals surface area contributed by atoms with Crippen molar-refractivity contribution < 1.29 is 4.79 Å². The van der Waals surface area contributed by atoms with Crippen LogP contribution in [0.25, 0.3) is 0 Å². The highest BCUT2D eigenvalue weighted by molar-refractivity contribution is 7.11. The molecule has 2 atom stereocenters. The maximum atomic E-state index is 12.0. The van der Waals surface area contributed by atoms with Crippen molar-refractivity contribution >= 4 is 17.2 Å². The molecule has 2 rings (SSSR count). The third kappa shape index (κ3) is 3.59. The van der Waals surface area contributed by atoms with Gasteiger partial charge in [-0.15, -0.1) is 11.3 Å². The van der Waals surface area contributed by atoms with Crippen LogP contribution in [-0.2, 0) is 11.3 Å². The van der Waals surface area contributed by atoms with Gasteiger partial charge in [0.05, 0.1) is 6.04 Å². The third-order valence-corrected chi connectivity index (χ3v) is 4.91. The van der Waals surface area contributed by atoms with Gasteiger partial charge in [-0.25, -0.2) is 0 Å². The summed E-state index contributed by atoms with van der Waals surface area (Å²) in [5.41, 5.74) is 0. The maximum absolute atomic E-state index is 12.0. The lowest BCUT2D eigenvalue weighted by atomic mass is 10.1. The second-order valence-corrected chi connectivity index (χ2v) is 7.12. The Labute approximate surface area is 125 Å². The average molecular weight is 295 g/mol. The Hall–Kier alpha value is -0.910. The van der Waals surface area contributed by atoms with E-state index < -0.39 is 0 Å². The second kappa shape index (κ2) is 6.70. The molecule has 112 valence electrons. The number of rotatable bonds is 5. The summed E-state index contributed by atoms with van der Waals surface area (Å²) in [5, 5.41) is 6.38. The van der Waals surface area contributed by atoms with Gasteiger partial charge in [-0.1, -0.05) is 0 Å². The van der Waals surface area contributed by atoms with E-state index in [1.807, 2.05) is 11.3 Å². The summed E-state index contributed by atoms with van der Waals surface area (Å²) in [4.78, 5) is 17.0. The Morgan fingerprint density at radius 2 is 2.25 bits per heavy atom. The fourth-order valence-electron chi connectivity index (χ4n) is 2.83. The zero-order chi connectivity index (χ0) is 14.7. The van der Waals surface area contributed by atoms with E-state index >= 15 is 0 Å². The molecule has 0 aliphatic carbocycles. The van der Waals surface area contributed by atoms with E-state index in [1.165, 1.54) is 9.75 Å². The van der Waals surface area contributed by atoms with Crippen molar-refractivity contribution in [2.45, 2.75) is 51.9 Å². The van der Waals surface area contributed by atoms with Crippen LogP contribution >= 0.6 is 11.3 Å². The molecule has 0 radical (unpaired) electrons. The van der Waals surface area contributed by atoms with Gasteiger partial charge >= 0.3 is 0 Å². The van der Waals surface area contributed by atoms with Crippen molar-refractivity contribution in [1.82, 2.24) is 15.5 Å². The van der Waals surface area contributed by atoms with Gasteiger partial charge in [0.1, 0.15) is 0 Å². The summed E-state index contributed by atoms with van der Waals surface area (Å²) in [6.07, 6.45) is 0.891. The SMILES string of the molecule is CNC(=O)[C@@H]1C[C@@H](NCc2ccc(C)s2)CN1C(C)C. The van der Waals surface area contributed by atoms with Gasteiger partial charge in [0, 0.05) is 42.0 Å². The summed E-state index contributed by atoms with van der Waals surface area (Å²) in [5.74, 6) is 0.134. The maximum Gasteiger partial charge on any atom is 0.237 e. The van der Waals surface area contributed by atoms with Crippen molar-refractivity contribution in [3.63, 3.8) is 0 Å². The Morgan fingerprint density at radius 3 is 2.80 bits per heavy atom. The lowest BCUT2D eigenvalue weighted by Crippen LogP contribution is -2.45. The number of nitrogens with one attached hydrogen (secondary N) is 2. The van der Waals surface area contributed by atoms with Crippen LogP contribution in [0, 0.1) is 6.92 Å². The van der Waals surface area contributed by atoms with Crippen molar-refractivity contribution in [3.05, 3.63) is 21.9 Å². The highest BCUT2D eigenvalue weighted by Gasteiger charge is 2.37. The van der Waals surface area contributed by atoms with Crippen molar-refractivity contribution in [2.24, 2.45) is 0 Å². The van der Waals surface area contributed by atoms with Gasteiger partial charge in [-0.05, 0) is 39.3 Å². The first kappa shape index (κ1) is 15.5. The molecular weight excluding hydrogens is 270 g/mol. The molecule has 20 heavy (non-hydrogen) atoms. The van der Waals surface area contributed by atoms with E-state index in [0.29, 0.717) is 12.1 Å². The highest BCUT2D eigenvalue weighted by atomic mass is 32.1. The number of hydrogen-bond donors (Lipinski definition) is 2. The van der Waals surface area contributed by atoms with Gasteiger partial charge in [0.15, 0.2) is 0 Å². The molecule has 2 heterocycles. The minimum Gasteiger partial charge on any atom is -0.358 e. The van der Waals surface area contributed by atoms with Crippen LogP contribution in [0.2, 0.25) is 0 Å². The lowest BCUT2D eigenvalue weighted by Gasteiger charge is -2.26. The van der Waals surface area contributed by atoms with Crippen LogP contribution in [0.3, 0.4) is 0 Å². The first-order valence-corrected chi connectivity index (χ1v) is 8.09. The van der Waals surface area contributed by atoms with Gasteiger partial charge in [-0.2, -0.15) is 0 Å². The molecule has 1 aliphatic rings. The molecule has 1 fully saturated rings. The largest absolute Gasteiger partial charge is 0.358 e. The first-order valence-electron chi connectivity index (χ1n) is 7.27. The van der Waals surface area contributed by atoms with Gasteiger partial charge in [0.25, 0.3) is 0 Å². The zero-order valence-corrected chi connectivity index (χ0v) is 13.6. The minimum atomic E-state index is 0.00238. The Kier molecular flexibility index (Phi) is 5.18. The molecule has 0 spiro atoms. The van der Waals surface area contributed by atoms with Crippen LogP contribution in [0.15, 0.2) is 12.1 Å². The molecule has 5 heteroatoms. The Balaban J connectivity index is 1.92. The van der Waals surface area contributed by atoms with Gasteiger partial charge in [0.2, 0.25) is 5.91 Å². The number of amides is 1. The minimum absolute atomic E-state index is 0.00238. The van der Waals surface area contributed by atoms with E-state index in [-0.39, 0.29) is 11.9 Å². The number of likely N-dealkylation sites (tertiary alicyclic amines) is 1. The number of hydrogen-bond acceptors (Lipinski definition) is 4. The molecule has 0 unspecified atom stereocenters. The van der Waals surface area contributed by atoms with Crippen molar-refractivity contribution in [3.8, 4) is 0 Å². The molecule has 1 aromatic heterocycles. The number of carbonyl (C=O) groups is 1. The summed E-state index contributed by atoms with van der Waals surface area (Å²) < 4.78 is 0. The van der Waals surface area contributed by atoms with Crippen LogP contribution in [0.1, 0.15) is 30.0 Å². The predicted octanol–water partition coefficient (Wildman–Crippen LogP) is 1.74. The van der Waals surface area contributed by atoms with Gasteiger partial charge < -0.3 is 10.6 Å². The smallest absolute Gasteiger partial charge is 0.237 e. The fraction of sp³-hybridized carbons (Fsp3) is 0.667. The predicted molar refractivity (Wildman–Crippen MR) is 84.0 cm³/mol. The number of likely N-dealkylation sites (N-methyl/N-ethyl adjacent to an activating group) is 1. The zero-order valence-electron chi connectivity index (χ0n) is 12.8. The molecule has 0 saturated carbocycles. The van der Waals surface area contributed by atoms with E-state index in [2.05, 4.69) is 48.4 Å². The number of thiophene rings is 1. The summed E-state index contributed by atoms with van der Waals surface area (Å²) >= 11 is 1.83. The summed E-state index contributed by atoms with van der Waals surface area (Å²) in [6, 6.07) is 5.13. The van der Waals surface area contributed by atoms with Crippen molar-refractivity contribution in [2.75, 3.05) is 13.6 Å².